The highest BCUT2D eigenvalue weighted by atomic mass is 19.2. The lowest BCUT2D eigenvalue weighted by Gasteiger charge is -2.16. The molecule has 1 unspecified atom stereocenters. The van der Waals surface area contributed by atoms with Crippen molar-refractivity contribution in [2.45, 2.75) is 19.9 Å². The largest absolute Gasteiger partial charge is 0.320 e. The average Bonchev–Trinajstić information content (AvgIpc) is 2.32. The van der Waals surface area contributed by atoms with Crippen molar-refractivity contribution in [1.82, 2.24) is 4.98 Å². The van der Waals surface area contributed by atoms with Crippen LogP contribution in [-0.4, -0.2) is 4.98 Å². The third-order valence-corrected chi connectivity index (χ3v) is 2.92. The van der Waals surface area contributed by atoms with Crippen LogP contribution in [-0.2, 0) is 0 Å². The van der Waals surface area contributed by atoms with Gasteiger partial charge in [0, 0.05) is 17.0 Å². The van der Waals surface area contributed by atoms with Crippen LogP contribution >= 0.6 is 0 Å². The minimum Gasteiger partial charge on any atom is -0.320 e. The molecule has 0 fully saturated rings. The Hall–Kier alpha value is -1.81. The van der Waals surface area contributed by atoms with Gasteiger partial charge in [0.25, 0.3) is 0 Å². The average molecular weight is 248 g/mol. The van der Waals surface area contributed by atoms with Crippen molar-refractivity contribution < 1.29 is 8.78 Å². The molecule has 1 aromatic carbocycles. The number of pyridine rings is 1. The molecule has 2 N–H and O–H groups in total. The number of hydrogen-bond acceptors (Lipinski definition) is 2. The van der Waals surface area contributed by atoms with Gasteiger partial charge in [0.15, 0.2) is 11.6 Å². The summed E-state index contributed by atoms with van der Waals surface area (Å²) in [6.07, 6.45) is 0. The Morgan fingerprint density at radius 2 is 1.78 bits per heavy atom. The maximum absolute atomic E-state index is 13.7. The fraction of sp³-hybridized carbons (Fsp3) is 0.214. The van der Waals surface area contributed by atoms with E-state index >= 15 is 0 Å². The minimum atomic E-state index is -0.898. The Bertz CT molecular complexity index is 582. The summed E-state index contributed by atoms with van der Waals surface area (Å²) in [5, 5.41) is 0. The number of benzene rings is 1. The molecule has 2 aromatic rings. The maximum atomic E-state index is 13.7. The summed E-state index contributed by atoms with van der Waals surface area (Å²) < 4.78 is 26.8. The number of aromatic nitrogens is 1. The zero-order chi connectivity index (χ0) is 13.3. The second-order valence-electron chi connectivity index (χ2n) is 4.25. The smallest absolute Gasteiger partial charge is 0.163 e. The zero-order valence-corrected chi connectivity index (χ0v) is 10.2. The second kappa shape index (κ2) is 4.82. The molecule has 0 amide bonds. The van der Waals surface area contributed by atoms with Crippen LogP contribution in [0, 0.1) is 25.5 Å². The number of nitrogens with two attached hydrogens (primary N) is 1. The molecule has 0 aliphatic carbocycles. The number of halogens is 2. The Morgan fingerprint density at radius 3 is 2.44 bits per heavy atom. The van der Waals surface area contributed by atoms with Crippen LogP contribution in [0.3, 0.4) is 0 Å². The second-order valence-corrected chi connectivity index (χ2v) is 4.25. The van der Waals surface area contributed by atoms with Gasteiger partial charge in [-0.05, 0) is 31.5 Å². The normalized spacial score (nSPS) is 12.5. The van der Waals surface area contributed by atoms with E-state index in [2.05, 4.69) is 4.98 Å². The van der Waals surface area contributed by atoms with Crippen LogP contribution in [0.1, 0.15) is 28.6 Å². The van der Waals surface area contributed by atoms with E-state index in [1.54, 1.807) is 19.1 Å². The van der Waals surface area contributed by atoms with Crippen molar-refractivity contribution in [3.05, 3.63) is 64.5 Å². The summed E-state index contributed by atoms with van der Waals surface area (Å²) in [6.45, 7) is 3.67. The zero-order valence-electron chi connectivity index (χ0n) is 10.2. The molecule has 0 aliphatic heterocycles. The molecule has 1 aromatic heterocycles. The van der Waals surface area contributed by atoms with E-state index in [0.717, 1.165) is 17.5 Å². The highest BCUT2D eigenvalue weighted by Gasteiger charge is 2.18. The molecular formula is C14H14F2N2. The molecule has 1 atom stereocenters. The van der Waals surface area contributed by atoms with Crippen molar-refractivity contribution in [3.8, 4) is 0 Å². The SMILES string of the molecule is Cc1ccc(C(N)c2cccc(F)c2F)c(C)n1. The summed E-state index contributed by atoms with van der Waals surface area (Å²) in [7, 11) is 0. The van der Waals surface area contributed by atoms with Crippen LogP contribution in [0.25, 0.3) is 0 Å². The Morgan fingerprint density at radius 1 is 1.06 bits per heavy atom. The fourth-order valence-corrected chi connectivity index (χ4v) is 1.95. The predicted molar refractivity (Wildman–Crippen MR) is 66.1 cm³/mol. The van der Waals surface area contributed by atoms with Gasteiger partial charge in [-0.25, -0.2) is 8.78 Å². The summed E-state index contributed by atoms with van der Waals surface area (Å²) >= 11 is 0. The van der Waals surface area contributed by atoms with Crippen molar-refractivity contribution in [3.63, 3.8) is 0 Å². The first kappa shape index (κ1) is 12.6. The monoisotopic (exact) mass is 248 g/mol. The lowest BCUT2D eigenvalue weighted by Crippen LogP contribution is -2.16. The van der Waals surface area contributed by atoms with Gasteiger partial charge in [-0.1, -0.05) is 18.2 Å². The van der Waals surface area contributed by atoms with Gasteiger partial charge in [-0.15, -0.1) is 0 Å². The van der Waals surface area contributed by atoms with Crippen LogP contribution < -0.4 is 5.73 Å². The van der Waals surface area contributed by atoms with Crippen LogP contribution in [0.4, 0.5) is 8.78 Å². The maximum Gasteiger partial charge on any atom is 0.163 e. The number of hydrogen-bond donors (Lipinski definition) is 1. The molecule has 0 saturated carbocycles. The Kier molecular flexibility index (Phi) is 3.39. The number of rotatable bonds is 2. The fourth-order valence-electron chi connectivity index (χ4n) is 1.95. The van der Waals surface area contributed by atoms with E-state index in [1.807, 2.05) is 6.92 Å². The standard InChI is InChI=1S/C14H14F2N2/c1-8-6-7-10(9(2)18-8)14(17)11-4-3-5-12(15)13(11)16/h3-7,14H,17H2,1-2H3. The van der Waals surface area contributed by atoms with Gasteiger partial charge in [0.05, 0.1) is 6.04 Å². The number of aryl methyl sites for hydroxylation is 2. The molecule has 4 heteroatoms. The van der Waals surface area contributed by atoms with Gasteiger partial charge >= 0.3 is 0 Å². The molecule has 18 heavy (non-hydrogen) atoms. The summed E-state index contributed by atoms with van der Waals surface area (Å²) in [6, 6.07) is 6.90. The highest BCUT2D eigenvalue weighted by Crippen LogP contribution is 2.25. The molecule has 0 spiro atoms. The van der Waals surface area contributed by atoms with Crippen molar-refractivity contribution in [1.29, 1.82) is 0 Å². The van der Waals surface area contributed by atoms with Gasteiger partial charge in [0.2, 0.25) is 0 Å². The topological polar surface area (TPSA) is 38.9 Å². The third kappa shape index (κ3) is 2.24. The van der Waals surface area contributed by atoms with E-state index in [-0.39, 0.29) is 5.56 Å². The van der Waals surface area contributed by atoms with Crippen molar-refractivity contribution in [2.24, 2.45) is 5.73 Å². The molecule has 0 saturated heterocycles. The molecule has 2 rings (SSSR count). The minimum absolute atomic E-state index is 0.142. The van der Waals surface area contributed by atoms with Crippen LogP contribution in [0.15, 0.2) is 30.3 Å². The predicted octanol–water partition coefficient (Wildman–Crippen LogP) is 3.02. The molecule has 1 heterocycles. The van der Waals surface area contributed by atoms with Crippen LogP contribution in [0.5, 0.6) is 0 Å². The number of nitrogens with zero attached hydrogens (tertiary/aromatic N) is 1. The molecule has 2 nitrogen and oxygen atoms in total. The lowest BCUT2D eigenvalue weighted by atomic mass is 9.97. The van der Waals surface area contributed by atoms with Gasteiger partial charge < -0.3 is 5.73 Å². The molecule has 94 valence electrons. The molecule has 0 radical (unpaired) electrons. The van der Waals surface area contributed by atoms with Crippen molar-refractivity contribution in [2.75, 3.05) is 0 Å². The van der Waals surface area contributed by atoms with Crippen LogP contribution in [0.2, 0.25) is 0 Å². The van der Waals surface area contributed by atoms with E-state index in [4.69, 9.17) is 5.73 Å². The third-order valence-electron chi connectivity index (χ3n) is 2.92. The molecule has 0 bridgehead atoms. The molecule has 0 aliphatic rings. The van der Waals surface area contributed by atoms with E-state index in [1.165, 1.54) is 12.1 Å². The first-order valence-corrected chi connectivity index (χ1v) is 5.64. The molecular weight excluding hydrogens is 234 g/mol. The Balaban J connectivity index is 2.48. The van der Waals surface area contributed by atoms with Gasteiger partial charge in [0.1, 0.15) is 0 Å². The highest BCUT2D eigenvalue weighted by molar-refractivity contribution is 5.35. The first-order chi connectivity index (χ1) is 8.50. The van der Waals surface area contributed by atoms with Gasteiger partial charge in [-0.2, -0.15) is 0 Å². The quantitative estimate of drug-likeness (QED) is 0.887. The summed E-state index contributed by atoms with van der Waals surface area (Å²) in [5.41, 5.74) is 8.42. The lowest BCUT2D eigenvalue weighted by molar-refractivity contribution is 0.494. The summed E-state index contributed by atoms with van der Waals surface area (Å²) in [5.74, 6) is -1.79. The van der Waals surface area contributed by atoms with E-state index < -0.39 is 17.7 Å². The van der Waals surface area contributed by atoms with Gasteiger partial charge in [-0.3, -0.25) is 4.98 Å². The Labute approximate surface area is 104 Å². The summed E-state index contributed by atoms with van der Waals surface area (Å²) in [4.78, 5) is 4.28. The first-order valence-electron chi connectivity index (χ1n) is 5.64. The van der Waals surface area contributed by atoms with E-state index in [9.17, 15) is 8.78 Å². The van der Waals surface area contributed by atoms with Crippen molar-refractivity contribution >= 4 is 0 Å². The van der Waals surface area contributed by atoms with E-state index in [0.29, 0.717) is 5.56 Å².